The fraction of sp³-hybridized carbons (Fsp3) is 0.818. The van der Waals surface area contributed by atoms with Gasteiger partial charge in [0.25, 0.3) is 0 Å². The van der Waals surface area contributed by atoms with Gasteiger partial charge in [-0.1, -0.05) is 0 Å². The smallest absolute Gasteiger partial charge is 0.233 e. The van der Waals surface area contributed by atoms with Crippen LogP contribution in [0, 0.1) is 11.8 Å². The second kappa shape index (κ2) is 3.28. The van der Waals surface area contributed by atoms with Gasteiger partial charge in [-0.15, -0.1) is 0 Å². The Morgan fingerprint density at radius 1 is 1.25 bits per heavy atom. The molecule has 1 saturated carbocycles. The number of nitrogens with zero attached hydrogens (tertiary/aromatic N) is 1. The highest BCUT2D eigenvalue weighted by Gasteiger charge is 2.63. The molecule has 2 aliphatic heterocycles. The molecule has 2 saturated heterocycles. The van der Waals surface area contributed by atoms with Gasteiger partial charge in [-0.3, -0.25) is 14.5 Å². The Kier molecular flexibility index (Phi) is 2.09. The minimum absolute atomic E-state index is 0.0778. The predicted molar refractivity (Wildman–Crippen MR) is 53.3 cm³/mol. The fourth-order valence-electron chi connectivity index (χ4n) is 2.85. The summed E-state index contributed by atoms with van der Waals surface area (Å²) in [5, 5.41) is 9.54. The molecule has 0 aromatic carbocycles. The molecule has 2 atom stereocenters. The van der Waals surface area contributed by atoms with Crippen molar-refractivity contribution in [3.05, 3.63) is 0 Å². The molecule has 3 aliphatic rings. The van der Waals surface area contributed by atoms with Crippen molar-refractivity contribution >= 4 is 11.8 Å². The van der Waals surface area contributed by atoms with Crippen LogP contribution in [-0.4, -0.2) is 47.2 Å². The summed E-state index contributed by atoms with van der Waals surface area (Å²) in [6.45, 7) is 0.868. The number of piperidine rings is 1. The van der Waals surface area contributed by atoms with Gasteiger partial charge in [0, 0.05) is 13.2 Å². The second-order valence-electron chi connectivity index (χ2n) is 4.96. The third-order valence-electron chi connectivity index (χ3n) is 4.06. The summed E-state index contributed by atoms with van der Waals surface area (Å²) in [7, 11) is 0. The van der Waals surface area contributed by atoms with Crippen molar-refractivity contribution in [2.45, 2.75) is 24.8 Å². The van der Waals surface area contributed by atoms with E-state index in [0.29, 0.717) is 32.5 Å². The van der Waals surface area contributed by atoms with Crippen molar-refractivity contribution < 1.29 is 19.4 Å². The fourth-order valence-corrected chi connectivity index (χ4v) is 2.85. The Hall–Kier alpha value is -0.940. The van der Waals surface area contributed by atoms with E-state index in [1.807, 2.05) is 0 Å². The molecule has 2 unspecified atom stereocenters. The summed E-state index contributed by atoms with van der Waals surface area (Å²) in [5.74, 6) is -0.325. The molecular weight excluding hydrogens is 210 g/mol. The maximum atomic E-state index is 12.0. The van der Waals surface area contributed by atoms with Gasteiger partial charge in [-0.25, -0.2) is 0 Å². The van der Waals surface area contributed by atoms with Gasteiger partial charge < -0.3 is 9.84 Å². The third kappa shape index (κ3) is 1.18. The average Bonchev–Trinajstić information content (AvgIpc) is 3.05. The maximum Gasteiger partial charge on any atom is 0.233 e. The normalized spacial score (nSPS) is 36.4. The predicted octanol–water partition coefficient (Wildman–Crippen LogP) is -0.467. The third-order valence-corrected chi connectivity index (χ3v) is 4.06. The lowest BCUT2D eigenvalue weighted by atomic mass is 9.88. The minimum Gasteiger partial charge on any atom is -0.394 e. The number of amides is 2. The quantitative estimate of drug-likeness (QED) is 0.645. The van der Waals surface area contributed by atoms with Crippen LogP contribution in [0.5, 0.6) is 0 Å². The van der Waals surface area contributed by atoms with E-state index >= 15 is 0 Å². The molecule has 3 rings (SSSR count). The zero-order chi connectivity index (χ0) is 11.3. The summed E-state index contributed by atoms with van der Waals surface area (Å²) in [5.41, 5.74) is -0.681. The second-order valence-corrected chi connectivity index (χ2v) is 4.96. The van der Waals surface area contributed by atoms with E-state index in [1.165, 1.54) is 4.90 Å². The highest BCUT2D eigenvalue weighted by molar-refractivity contribution is 6.09. The number of carbonyl (C=O) groups is 2. The molecule has 1 N–H and O–H groups in total. The monoisotopic (exact) mass is 225 g/mol. The minimum atomic E-state index is -0.681. The van der Waals surface area contributed by atoms with Crippen LogP contribution in [0.3, 0.4) is 0 Å². The van der Waals surface area contributed by atoms with Crippen LogP contribution in [0.4, 0.5) is 0 Å². The van der Waals surface area contributed by atoms with E-state index in [0.717, 1.165) is 0 Å². The molecule has 2 amide bonds. The number of imide groups is 1. The number of aliphatic hydroxyl groups excluding tert-OH is 1. The molecule has 1 aliphatic carbocycles. The summed E-state index contributed by atoms with van der Waals surface area (Å²) >= 11 is 0. The first kappa shape index (κ1) is 10.2. The Balaban J connectivity index is 1.89. The number of ether oxygens (including phenoxy) is 1. The van der Waals surface area contributed by atoms with E-state index in [1.54, 1.807) is 0 Å². The number of rotatable bonds is 2. The van der Waals surface area contributed by atoms with Gasteiger partial charge in [0.1, 0.15) is 0 Å². The molecule has 5 heteroatoms. The van der Waals surface area contributed by atoms with E-state index in [4.69, 9.17) is 4.74 Å². The number of likely N-dealkylation sites (tertiary alicyclic amines) is 1. The molecular formula is C11H15NO4. The molecule has 2 heterocycles. The molecule has 0 radical (unpaired) electrons. The van der Waals surface area contributed by atoms with E-state index in [2.05, 4.69) is 0 Å². The van der Waals surface area contributed by atoms with Crippen LogP contribution >= 0.6 is 0 Å². The number of aliphatic hydroxyl groups is 1. The number of hydrogen-bond donors (Lipinski definition) is 1. The first-order valence-electron chi connectivity index (χ1n) is 5.76. The topological polar surface area (TPSA) is 66.8 Å². The van der Waals surface area contributed by atoms with Crippen LogP contribution in [0.15, 0.2) is 0 Å². The molecule has 3 fully saturated rings. The van der Waals surface area contributed by atoms with Gasteiger partial charge in [0.05, 0.1) is 24.0 Å². The zero-order valence-corrected chi connectivity index (χ0v) is 9.02. The zero-order valence-electron chi connectivity index (χ0n) is 9.02. The lowest BCUT2D eigenvalue weighted by Crippen LogP contribution is -2.58. The van der Waals surface area contributed by atoms with Crippen LogP contribution in [0.2, 0.25) is 0 Å². The van der Waals surface area contributed by atoms with Crippen LogP contribution in [0.1, 0.15) is 19.3 Å². The molecule has 5 nitrogen and oxygen atoms in total. The van der Waals surface area contributed by atoms with E-state index < -0.39 is 5.54 Å². The number of hydrogen-bond acceptors (Lipinski definition) is 4. The van der Waals surface area contributed by atoms with Crippen LogP contribution in [0.25, 0.3) is 0 Å². The van der Waals surface area contributed by atoms with Gasteiger partial charge in [0.15, 0.2) is 0 Å². The molecule has 0 aromatic heterocycles. The lowest BCUT2D eigenvalue weighted by molar-refractivity contribution is -0.156. The van der Waals surface area contributed by atoms with Crippen LogP contribution < -0.4 is 0 Å². The Morgan fingerprint density at radius 3 is 2.31 bits per heavy atom. The summed E-state index contributed by atoms with van der Waals surface area (Å²) in [6.07, 6.45) is 1.83. The Bertz CT molecular complexity index is 328. The van der Waals surface area contributed by atoms with Gasteiger partial charge in [-0.05, 0) is 19.3 Å². The summed E-state index contributed by atoms with van der Waals surface area (Å²) < 4.78 is 5.23. The number of fused-ring (bicyclic) bond motifs is 1. The standard InChI is InChI=1S/C11H15NO4/c13-6-11(1-3-16-4-2-11)12-9(14)7-5-8(7)10(12)15/h7-8,13H,1-6H2. The van der Waals surface area contributed by atoms with E-state index in [-0.39, 0.29) is 30.3 Å². The SMILES string of the molecule is O=C1C2CC2C(=O)N1C1(CO)CCOCC1. The van der Waals surface area contributed by atoms with Crippen molar-refractivity contribution in [1.29, 1.82) is 0 Å². The highest BCUT2D eigenvalue weighted by atomic mass is 16.5. The summed E-state index contributed by atoms with van der Waals surface area (Å²) in [4.78, 5) is 25.3. The molecule has 16 heavy (non-hydrogen) atoms. The van der Waals surface area contributed by atoms with Crippen molar-refractivity contribution in [3.63, 3.8) is 0 Å². The Morgan fingerprint density at radius 2 is 1.81 bits per heavy atom. The molecule has 0 aromatic rings. The van der Waals surface area contributed by atoms with Gasteiger partial charge >= 0.3 is 0 Å². The average molecular weight is 225 g/mol. The maximum absolute atomic E-state index is 12.0. The first-order valence-corrected chi connectivity index (χ1v) is 5.76. The van der Waals surface area contributed by atoms with Gasteiger partial charge in [-0.2, -0.15) is 0 Å². The first-order chi connectivity index (χ1) is 7.69. The van der Waals surface area contributed by atoms with Crippen molar-refractivity contribution in [2.24, 2.45) is 11.8 Å². The lowest BCUT2D eigenvalue weighted by Gasteiger charge is -2.42. The molecule has 88 valence electrons. The van der Waals surface area contributed by atoms with Gasteiger partial charge in [0.2, 0.25) is 11.8 Å². The van der Waals surface area contributed by atoms with Crippen molar-refractivity contribution in [1.82, 2.24) is 4.90 Å². The van der Waals surface area contributed by atoms with Crippen molar-refractivity contribution in [3.8, 4) is 0 Å². The van der Waals surface area contributed by atoms with Crippen LogP contribution in [-0.2, 0) is 14.3 Å². The largest absolute Gasteiger partial charge is 0.394 e. The number of carbonyl (C=O) groups excluding carboxylic acids is 2. The van der Waals surface area contributed by atoms with E-state index in [9.17, 15) is 14.7 Å². The van der Waals surface area contributed by atoms with Crippen molar-refractivity contribution in [2.75, 3.05) is 19.8 Å². The molecule has 0 spiro atoms. The summed E-state index contributed by atoms with van der Waals surface area (Å²) in [6, 6.07) is 0. The highest BCUT2D eigenvalue weighted by Crippen LogP contribution is 2.50. The Labute approximate surface area is 93.4 Å². The molecule has 0 bridgehead atoms.